The molecule has 1 aliphatic heterocycles. The van der Waals surface area contributed by atoms with Gasteiger partial charge in [-0.15, -0.1) is 0 Å². The highest BCUT2D eigenvalue weighted by Gasteiger charge is 2.27. The SMILES string of the molecule is CSCCCON1Cc2ccccc2C1=O. The third-order valence-electron chi connectivity index (χ3n) is 2.53. The fourth-order valence-corrected chi connectivity index (χ4v) is 2.12. The number of amides is 1. The Morgan fingerprint density at radius 1 is 1.44 bits per heavy atom. The highest BCUT2D eigenvalue weighted by molar-refractivity contribution is 7.98. The number of hydrogen-bond donors (Lipinski definition) is 0. The first kappa shape index (κ1) is 11.5. The summed E-state index contributed by atoms with van der Waals surface area (Å²) >= 11 is 1.79. The molecule has 0 spiro atoms. The van der Waals surface area contributed by atoms with Gasteiger partial charge in [-0.25, -0.2) is 5.06 Å². The minimum Gasteiger partial charge on any atom is -0.270 e. The quantitative estimate of drug-likeness (QED) is 0.736. The molecular weight excluding hydrogens is 222 g/mol. The molecule has 0 atom stereocenters. The maximum atomic E-state index is 11.9. The Morgan fingerprint density at radius 2 is 2.25 bits per heavy atom. The van der Waals surface area contributed by atoms with Crippen molar-refractivity contribution in [2.45, 2.75) is 13.0 Å². The van der Waals surface area contributed by atoms with Crippen LogP contribution in [0.25, 0.3) is 0 Å². The normalized spacial score (nSPS) is 14.3. The fraction of sp³-hybridized carbons (Fsp3) is 0.417. The Kier molecular flexibility index (Phi) is 3.85. The number of thioether (sulfide) groups is 1. The third-order valence-corrected chi connectivity index (χ3v) is 3.23. The van der Waals surface area contributed by atoms with Gasteiger partial charge in [-0.1, -0.05) is 18.2 Å². The van der Waals surface area contributed by atoms with Gasteiger partial charge < -0.3 is 0 Å². The van der Waals surface area contributed by atoms with E-state index in [1.54, 1.807) is 11.8 Å². The van der Waals surface area contributed by atoms with Gasteiger partial charge in [0.25, 0.3) is 5.91 Å². The van der Waals surface area contributed by atoms with Gasteiger partial charge in [0, 0.05) is 5.56 Å². The van der Waals surface area contributed by atoms with Crippen LogP contribution in [0.1, 0.15) is 22.3 Å². The first-order valence-corrected chi connectivity index (χ1v) is 6.74. The van der Waals surface area contributed by atoms with Crippen LogP contribution in [0.15, 0.2) is 24.3 Å². The molecule has 0 unspecified atom stereocenters. The lowest BCUT2D eigenvalue weighted by Crippen LogP contribution is -2.24. The Bertz CT molecular complexity index is 381. The van der Waals surface area contributed by atoms with Crippen molar-refractivity contribution < 1.29 is 9.63 Å². The number of hydroxylamine groups is 2. The van der Waals surface area contributed by atoms with Crippen LogP contribution in [0, 0.1) is 0 Å². The molecule has 16 heavy (non-hydrogen) atoms. The topological polar surface area (TPSA) is 29.5 Å². The van der Waals surface area contributed by atoms with Crippen LogP contribution < -0.4 is 0 Å². The highest BCUT2D eigenvalue weighted by atomic mass is 32.2. The van der Waals surface area contributed by atoms with E-state index < -0.39 is 0 Å². The second kappa shape index (κ2) is 5.37. The fourth-order valence-electron chi connectivity index (χ4n) is 1.71. The van der Waals surface area contributed by atoms with Crippen molar-refractivity contribution in [2.75, 3.05) is 18.6 Å². The summed E-state index contributed by atoms with van der Waals surface area (Å²) in [5.41, 5.74) is 1.82. The van der Waals surface area contributed by atoms with E-state index in [-0.39, 0.29) is 5.91 Å². The van der Waals surface area contributed by atoms with Crippen LogP contribution in [-0.2, 0) is 11.4 Å². The Balaban J connectivity index is 1.89. The molecule has 1 aromatic carbocycles. The molecule has 0 bridgehead atoms. The zero-order valence-electron chi connectivity index (χ0n) is 9.31. The predicted molar refractivity (Wildman–Crippen MR) is 65.3 cm³/mol. The number of nitrogens with zero attached hydrogens (tertiary/aromatic N) is 1. The van der Waals surface area contributed by atoms with Gasteiger partial charge in [-0.2, -0.15) is 11.8 Å². The number of carbonyl (C=O) groups is 1. The van der Waals surface area contributed by atoms with Crippen molar-refractivity contribution in [2.24, 2.45) is 0 Å². The van der Waals surface area contributed by atoms with Crippen molar-refractivity contribution >= 4 is 17.7 Å². The van der Waals surface area contributed by atoms with Crippen LogP contribution in [0.4, 0.5) is 0 Å². The second-order valence-electron chi connectivity index (χ2n) is 3.68. The molecule has 1 aromatic rings. The molecular formula is C12H15NO2S. The zero-order valence-corrected chi connectivity index (χ0v) is 10.1. The molecule has 1 aliphatic rings. The average molecular weight is 237 g/mol. The van der Waals surface area contributed by atoms with Crippen LogP contribution >= 0.6 is 11.8 Å². The molecule has 3 nitrogen and oxygen atoms in total. The molecule has 86 valence electrons. The molecule has 0 aliphatic carbocycles. The molecule has 0 fully saturated rings. The lowest BCUT2D eigenvalue weighted by Gasteiger charge is -2.14. The van der Waals surface area contributed by atoms with E-state index in [0.29, 0.717) is 13.2 Å². The van der Waals surface area contributed by atoms with Gasteiger partial charge in [0.05, 0.1) is 13.2 Å². The summed E-state index contributed by atoms with van der Waals surface area (Å²) in [4.78, 5) is 17.3. The standard InChI is InChI=1S/C12H15NO2S/c1-16-8-4-7-15-13-9-10-5-2-3-6-11(10)12(13)14/h2-3,5-6H,4,7-9H2,1H3. The minimum atomic E-state index is -0.0141. The summed E-state index contributed by atoms with van der Waals surface area (Å²) in [6, 6.07) is 7.65. The van der Waals surface area contributed by atoms with Crippen molar-refractivity contribution in [3.05, 3.63) is 35.4 Å². The molecule has 0 aromatic heterocycles. The average Bonchev–Trinajstić information content (AvgIpc) is 2.63. The number of fused-ring (bicyclic) bond motifs is 1. The lowest BCUT2D eigenvalue weighted by atomic mass is 10.1. The van der Waals surface area contributed by atoms with Gasteiger partial charge >= 0.3 is 0 Å². The van der Waals surface area contributed by atoms with Gasteiger partial charge in [0.1, 0.15) is 0 Å². The van der Waals surface area contributed by atoms with Crippen molar-refractivity contribution in [1.82, 2.24) is 5.06 Å². The number of carbonyl (C=O) groups excluding carboxylic acids is 1. The smallest absolute Gasteiger partial charge is 0.270 e. The maximum Gasteiger partial charge on any atom is 0.278 e. The van der Waals surface area contributed by atoms with Gasteiger partial charge in [-0.3, -0.25) is 9.63 Å². The van der Waals surface area contributed by atoms with Gasteiger partial charge in [0.15, 0.2) is 0 Å². The Hall–Kier alpha value is -1.00. The van der Waals surface area contributed by atoms with E-state index in [4.69, 9.17) is 4.84 Å². The lowest BCUT2D eigenvalue weighted by molar-refractivity contribution is -0.124. The maximum absolute atomic E-state index is 11.9. The summed E-state index contributed by atoms with van der Waals surface area (Å²) in [5, 5.41) is 1.46. The molecule has 0 saturated heterocycles. The van der Waals surface area contributed by atoms with Crippen molar-refractivity contribution in [1.29, 1.82) is 0 Å². The molecule has 2 rings (SSSR count). The molecule has 1 heterocycles. The number of rotatable bonds is 5. The van der Waals surface area contributed by atoms with Crippen LogP contribution in [0.5, 0.6) is 0 Å². The number of hydrogen-bond acceptors (Lipinski definition) is 3. The minimum absolute atomic E-state index is 0.0141. The summed E-state index contributed by atoms with van der Waals surface area (Å²) in [7, 11) is 0. The van der Waals surface area contributed by atoms with Crippen LogP contribution in [-0.4, -0.2) is 29.6 Å². The predicted octanol–water partition coefficient (Wildman–Crippen LogP) is 2.33. The van der Waals surface area contributed by atoms with Crippen molar-refractivity contribution in [3.8, 4) is 0 Å². The Labute approximate surface area is 99.7 Å². The van der Waals surface area contributed by atoms with Crippen LogP contribution in [0.2, 0.25) is 0 Å². The zero-order chi connectivity index (χ0) is 11.4. The van der Waals surface area contributed by atoms with E-state index in [0.717, 1.165) is 23.3 Å². The highest BCUT2D eigenvalue weighted by Crippen LogP contribution is 2.22. The summed E-state index contributed by atoms with van der Waals surface area (Å²) in [5.74, 6) is 1.05. The third kappa shape index (κ3) is 2.39. The number of benzene rings is 1. The van der Waals surface area contributed by atoms with Crippen LogP contribution in [0.3, 0.4) is 0 Å². The van der Waals surface area contributed by atoms with E-state index in [9.17, 15) is 4.79 Å². The van der Waals surface area contributed by atoms with E-state index >= 15 is 0 Å². The molecule has 0 saturated carbocycles. The molecule has 0 radical (unpaired) electrons. The first-order chi connectivity index (χ1) is 7.83. The van der Waals surface area contributed by atoms with E-state index in [1.165, 1.54) is 5.06 Å². The first-order valence-electron chi connectivity index (χ1n) is 5.34. The van der Waals surface area contributed by atoms with E-state index in [2.05, 4.69) is 6.26 Å². The Morgan fingerprint density at radius 3 is 3.00 bits per heavy atom. The monoisotopic (exact) mass is 237 g/mol. The molecule has 1 amide bonds. The van der Waals surface area contributed by atoms with Gasteiger partial charge in [-0.05, 0) is 30.1 Å². The second-order valence-corrected chi connectivity index (χ2v) is 4.66. The largest absolute Gasteiger partial charge is 0.278 e. The summed E-state index contributed by atoms with van der Waals surface area (Å²) < 4.78 is 0. The van der Waals surface area contributed by atoms with E-state index in [1.807, 2.05) is 24.3 Å². The van der Waals surface area contributed by atoms with Crippen molar-refractivity contribution in [3.63, 3.8) is 0 Å². The van der Waals surface area contributed by atoms with Gasteiger partial charge in [0.2, 0.25) is 0 Å². The summed E-state index contributed by atoms with van der Waals surface area (Å²) in [6.45, 7) is 1.19. The molecule has 4 heteroatoms. The molecule has 0 N–H and O–H groups in total. The summed E-state index contributed by atoms with van der Waals surface area (Å²) in [6.07, 6.45) is 3.04.